The number of carbonyl (C=O) groups is 1. The molecular formula is C13H18O2. The van der Waals surface area contributed by atoms with Crippen molar-refractivity contribution in [2.45, 2.75) is 26.7 Å². The topological polar surface area (TPSA) is 26.3 Å². The number of benzene rings is 1. The molecule has 0 aliphatic rings. The molecule has 0 aliphatic heterocycles. The maximum atomic E-state index is 10.5. The van der Waals surface area contributed by atoms with Gasteiger partial charge in [0.25, 0.3) is 0 Å². The summed E-state index contributed by atoms with van der Waals surface area (Å²) in [6.45, 7) is 5.06. The van der Waals surface area contributed by atoms with E-state index < -0.39 is 0 Å². The summed E-state index contributed by atoms with van der Waals surface area (Å²) in [7, 11) is 0. The van der Waals surface area contributed by atoms with Crippen LogP contribution in [0.4, 0.5) is 0 Å². The second-order valence-corrected chi connectivity index (χ2v) is 3.90. The zero-order valence-electron chi connectivity index (χ0n) is 9.40. The zero-order chi connectivity index (χ0) is 11.1. The van der Waals surface area contributed by atoms with E-state index in [0.717, 1.165) is 18.6 Å². The van der Waals surface area contributed by atoms with Gasteiger partial charge in [0.2, 0.25) is 0 Å². The monoisotopic (exact) mass is 206 g/mol. The second-order valence-electron chi connectivity index (χ2n) is 3.90. The van der Waals surface area contributed by atoms with Gasteiger partial charge in [-0.2, -0.15) is 0 Å². The van der Waals surface area contributed by atoms with Gasteiger partial charge in [-0.25, -0.2) is 0 Å². The van der Waals surface area contributed by atoms with Gasteiger partial charge in [0.05, 0.1) is 6.61 Å². The van der Waals surface area contributed by atoms with Crippen molar-refractivity contribution in [2.75, 3.05) is 6.61 Å². The van der Waals surface area contributed by atoms with Crippen molar-refractivity contribution in [1.29, 1.82) is 0 Å². The highest BCUT2D eigenvalue weighted by atomic mass is 16.5. The summed E-state index contributed by atoms with van der Waals surface area (Å²) in [6.07, 6.45) is 3.19. The van der Waals surface area contributed by atoms with Gasteiger partial charge in [-0.15, -0.1) is 0 Å². The fourth-order valence-electron chi connectivity index (χ4n) is 1.49. The van der Waals surface area contributed by atoms with Gasteiger partial charge in [0, 0.05) is 5.56 Å². The van der Waals surface area contributed by atoms with E-state index in [4.69, 9.17) is 4.74 Å². The lowest BCUT2D eigenvalue weighted by Crippen LogP contribution is -2.08. The van der Waals surface area contributed by atoms with Crippen LogP contribution >= 0.6 is 0 Å². The number of aldehydes is 1. The van der Waals surface area contributed by atoms with Gasteiger partial charge < -0.3 is 4.74 Å². The predicted molar refractivity (Wildman–Crippen MR) is 61.4 cm³/mol. The molecule has 0 heterocycles. The van der Waals surface area contributed by atoms with Gasteiger partial charge >= 0.3 is 0 Å². The van der Waals surface area contributed by atoms with Crippen LogP contribution in [0.15, 0.2) is 24.3 Å². The lowest BCUT2D eigenvalue weighted by Gasteiger charge is -2.12. The molecule has 0 fully saturated rings. The van der Waals surface area contributed by atoms with Crippen LogP contribution in [0, 0.1) is 5.92 Å². The van der Waals surface area contributed by atoms with Crippen LogP contribution in [0.2, 0.25) is 0 Å². The minimum Gasteiger partial charge on any atom is -0.493 e. The van der Waals surface area contributed by atoms with Crippen molar-refractivity contribution < 1.29 is 9.53 Å². The average molecular weight is 206 g/mol. The molecule has 1 unspecified atom stereocenters. The van der Waals surface area contributed by atoms with E-state index in [-0.39, 0.29) is 0 Å². The predicted octanol–water partition coefficient (Wildman–Crippen LogP) is 3.31. The molecule has 0 saturated carbocycles. The molecule has 15 heavy (non-hydrogen) atoms. The van der Waals surface area contributed by atoms with Gasteiger partial charge in [0.1, 0.15) is 12.0 Å². The van der Waals surface area contributed by atoms with E-state index in [1.807, 2.05) is 12.1 Å². The molecule has 82 valence electrons. The van der Waals surface area contributed by atoms with Crippen molar-refractivity contribution in [3.63, 3.8) is 0 Å². The van der Waals surface area contributed by atoms with Gasteiger partial charge in [-0.1, -0.05) is 32.4 Å². The molecule has 0 saturated heterocycles. The molecule has 1 aromatic carbocycles. The second kappa shape index (κ2) is 6.23. The number of hydrogen-bond acceptors (Lipinski definition) is 2. The molecule has 2 nitrogen and oxygen atoms in total. The van der Waals surface area contributed by atoms with Crippen molar-refractivity contribution in [3.8, 4) is 5.75 Å². The summed E-state index contributed by atoms with van der Waals surface area (Å²) in [5.41, 5.74) is 0.663. The maximum Gasteiger partial charge on any atom is 0.150 e. The highest BCUT2D eigenvalue weighted by Gasteiger charge is 2.02. The molecule has 0 aromatic heterocycles. The van der Waals surface area contributed by atoms with E-state index in [1.54, 1.807) is 12.1 Å². The van der Waals surface area contributed by atoms with Gasteiger partial charge in [0.15, 0.2) is 0 Å². The van der Waals surface area contributed by atoms with Gasteiger partial charge in [-0.05, 0) is 24.5 Å². The van der Waals surface area contributed by atoms with E-state index in [1.165, 1.54) is 12.8 Å². The highest BCUT2D eigenvalue weighted by molar-refractivity contribution is 5.75. The lowest BCUT2D eigenvalue weighted by molar-refractivity contribution is 0.112. The summed E-state index contributed by atoms with van der Waals surface area (Å²) >= 11 is 0. The lowest BCUT2D eigenvalue weighted by atomic mass is 10.1. The minimum absolute atomic E-state index is 0.565. The van der Waals surface area contributed by atoms with E-state index >= 15 is 0 Å². The molecule has 1 atom stereocenters. The Hall–Kier alpha value is -1.31. The smallest absolute Gasteiger partial charge is 0.150 e. The first kappa shape index (κ1) is 11.8. The molecule has 1 aromatic rings. The summed E-state index contributed by atoms with van der Waals surface area (Å²) < 4.78 is 5.60. The number of hydrogen-bond donors (Lipinski definition) is 0. The van der Waals surface area contributed by atoms with Crippen LogP contribution in [0.5, 0.6) is 5.75 Å². The minimum atomic E-state index is 0.565. The third-order valence-corrected chi connectivity index (χ3v) is 2.31. The Morgan fingerprint density at radius 3 is 2.93 bits per heavy atom. The highest BCUT2D eigenvalue weighted by Crippen LogP contribution is 2.14. The molecule has 0 radical (unpaired) electrons. The Morgan fingerprint density at radius 2 is 2.27 bits per heavy atom. The number of rotatable bonds is 6. The molecule has 1 rings (SSSR count). The molecule has 0 aliphatic carbocycles. The fourth-order valence-corrected chi connectivity index (χ4v) is 1.49. The number of ether oxygens (including phenoxy) is 1. The first-order valence-corrected chi connectivity index (χ1v) is 5.44. The van der Waals surface area contributed by atoms with Crippen molar-refractivity contribution in [3.05, 3.63) is 29.8 Å². The fraction of sp³-hybridized carbons (Fsp3) is 0.462. The summed E-state index contributed by atoms with van der Waals surface area (Å²) in [4.78, 5) is 10.5. The molecule has 0 spiro atoms. The van der Waals surface area contributed by atoms with Crippen LogP contribution in [0.3, 0.4) is 0 Å². The Balaban J connectivity index is 2.46. The molecule has 0 amide bonds. The van der Waals surface area contributed by atoms with Gasteiger partial charge in [-0.3, -0.25) is 4.79 Å². The van der Waals surface area contributed by atoms with Crippen molar-refractivity contribution in [1.82, 2.24) is 0 Å². The van der Waals surface area contributed by atoms with Crippen molar-refractivity contribution >= 4 is 6.29 Å². The Morgan fingerprint density at radius 1 is 1.47 bits per heavy atom. The van der Waals surface area contributed by atoms with E-state index in [2.05, 4.69) is 13.8 Å². The molecular weight excluding hydrogens is 188 g/mol. The molecule has 0 bridgehead atoms. The van der Waals surface area contributed by atoms with Crippen LogP contribution in [-0.2, 0) is 0 Å². The van der Waals surface area contributed by atoms with Crippen LogP contribution < -0.4 is 4.74 Å². The first-order chi connectivity index (χ1) is 7.26. The summed E-state index contributed by atoms with van der Waals surface area (Å²) in [5, 5.41) is 0. The van der Waals surface area contributed by atoms with E-state index in [9.17, 15) is 4.79 Å². The first-order valence-electron chi connectivity index (χ1n) is 5.44. The quantitative estimate of drug-likeness (QED) is 0.667. The standard InChI is InChI=1S/C13H18O2/c1-3-5-11(2)10-15-13-7-4-6-12(8-13)9-14/h4,6-9,11H,3,5,10H2,1-2H3. The summed E-state index contributed by atoms with van der Waals surface area (Å²) in [6, 6.07) is 7.26. The summed E-state index contributed by atoms with van der Waals surface area (Å²) in [5.74, 6) is 1.34. The zero-order valence-corrected chi connectivity index (χ0v) is 9.40. The SMILES string of the molecule is CCCC(C)COc1cccc(C=O)c1. The van der Waals surface area contributed by atoms with Crippen LogP contribution in [-0.4, -0.2) is 12.9 Å². The average Bonchev–Trinajstić information content (AvgIpc) is 2.27. The molecule has 0 N–H and O–H groups in total. The third kappa shape index (κ3) is 4.15. The molecule has 2 heteroatoms. The maximum absolute atomic E-state index is 10.5. The largest absolute Gasteiger partial charge is 0.493 e. The van der Waals surface area contributed by atoms with Crippen LogP contribution in [0.25, 0.3) is 0 Å². The number of carbonyl (C=O) groups excluding carboxylic acids is 1. The Labute approximate surface area is 91.3 Å². The Bertz CT molecular complexity index is 307. The third-order valence-electron chi connectivity index (χ3n) is 2.31. The van der Waals surface area contributed by atoms with Crippen molar-refractivity contribution in [2.24, 2.45) is 5.92 Å². The normalized spacial score (nSPS) is 12.1. The van der Waals surface area contributed by atoms with E-state index in [0.29, 0.717) is 11.5 Å². The van der Waals surface area contributed by atoms with Crippen LogP contribution in [0.1, 0.15) is 37.0 Å². The Kier molecular flexibility index (Phi) is 4.88.